The second-order valence-electron chi connectivity index (χ2n) is 7.29. The Kier molecular flexibility index (Phi) is 2.84. The van der Waals surface area contributed by atoms with Gasteiger partial charge in [-0.15, -0.1) is 0 Å². The Bertz CT molecular complexity index is 723. The molecule has 1 aromatic carbocycles. The predicted molar refractivity (Wildman–Crippen MR) is 88.0 cm³/mol. The average Bonchev–Trinajstić information content (AvgIpc) is 3.39. The Morgan fingerprint density at radius 1 is 1.08 bits per heavy atom. The summed E-state index contributed by atoms with van der Waals surface area (Å²) in [6, 6.07) is 7.53. The molecule has 2 saturated carbocycles. The number of allylic oxidation sites excluding steroid dienone is 2. The predicted octanol–water partition coefficient (Wildman–Crippen LogP) is 2.12. The number of rotatable bonds is 4. The maximum atomic E-state index is 12.9. The molecule has 0 spiro atoms. The van der Waals surface area contributed by atoms with Crippen molar-refractivity contribution in [2.45, 2.75) is 6.42 Å². The van der Waals surface area contributed by atoms with Gasteiger partial charge in [0.25, 0.3) is 0 Å². The lowest BCUT2D eigenvalue weighted by Gasteiger charge is -2.37. The molecule has 0 radical (unpaired) electrons. The van der Waals surface area contributed by atoms with Gasteiger partial charge >= 0.3 is 0 Å². The van der Waals surface area contributed by atoms with Crippen LogP contribution in [0.3, 0.4) is 0 Å². The lowest BCUT2D eigenvalue weighted by Crippen LogP contribution is -2.40. The standard InChI is InChI=1S/C19H20N2O3/c1-24-15-5-3-2-4-14(15)20-9-21-18(22)16-10-6-7-11(13-8-12(10)13)17(16)19(21)23/h2-7,10-13,16-17,20H,8-9H2,1H3/t10-,11-,12-,13-,16+,17+/m0/s1. The third-order valence-corrected chi connectivity index (χ3v) is 6.29. The van der Waals surface area contributed by atoms with Crippen LogP contribution in [0.4, 0.5) is 5.69 Å². The minimum absolute atomic E-state index is 0.00269. The van der Waals surface area contributed by atoms with Crippen molar-refractivity contribution in [1.29, 1.82) is 0 Å². The lowest BCUT2D eigenvalue weighted by molar-refractivity contribution is -0.139. The molecule has 1 aromatic rings. The molecule has 0 unspecified atom stereocenters. The molecule has 6 atom stereocenters. The fourth-order valence-electron chi connectivity index (χ4n) is 5.13. The molecule has 0 aromatic heterocycles. The number of hydrogen-bond acceptors (Lipinski definition) is 4. The van der Waals surface area contributed by atoms with E-state index in [2.05, 4.69) is 17.5 Å². The van der Waals surface area contributed by atoms with Crippen molar-refractivity contribution in [3.05, 3.63) is 36.4 Å². The van der Waals surface area contributed by atoms with E-state index in [0.717, 1.165) is 5.69 Å². The van der Waals surface area contributed by atoms with Crippen LogP contribution in [0, 0.1) is 35.5 Å². The van der Waals surface area contributed by atoms with E-state index in [1.165, 1.54) is 11.3 Å². The Morgan fingerprint density at radius 2 is 1.71 bits per heavy atom. The number of nitrogens with zero attached hydrogens (tertiary/aromatic N) is 1. The summed E-state index contributed by atoms with van der Waals surface area (Å²) < 4.78 is 5.31. The molecule has 5 heteroatoms. The zero-order valence-electron chi connectivity index (χ0n) is 13.5. The average molecular weight is 324 g/mol. The van der Waals surface area contributed by atoms with Crippen molar-refractivity contribution in [2.24, 2.45) is 35.5 Å². The number of para-hydroxylation sites is 2. The van der Waals surface area contributed by atoms with Gasteiger partial charge in [-0.05, 0) is 42.2 Å². The van der Waals surface area contributed by atoms with Crippen LogP contribution in [0.15, 0.2) is 36.4 Å². The van der Waals surface area contributed by atoms with Crippen LogP contribution in [0.1, 0.15) is 6.42 Å². The number of carbonyl (C=O) groups excluding carboxylic acids is 2. The Morgan fingerprint density at radius 3 is 2.33 bits per heavy atom. The second-order valence-corrected chi connectivity index (χ2v) is 7.29. The summed E-state index contributed by atoms with van der Waals surface area (Å²) in [5.74, 6) is 2.27. The normalized spacial score (nSPS) is 38.1. The van der Waals surface area contributed by atoms with Crippen LogP contribution < -0.4 is 10.1 Å². The highest BCUT2D eigenvalue weighted by Gasteiger charge is 2.66. The fraction of sp³-hybridized carbons (Fsp3) is 0.474. The van der Waals surface area contributed by atoms with Crippen molar-refractivity contribution < 1.29 is 14.3 Å². The highest BCUT2D eigenvalue weighted by Crippen LogP contribution is 2.65. The van der Waals surface area contributed by atoms with E-state index < -0.39 is 0 Å². The number of methoxy groups -OCH3 is 1. The van der Waals surface area contributed by atoms with E-state index in [-0.39, 0.29) is 42.2 Å². The van der Waals surface area contributed by atoms with Crippen molar-refractivity contribution in [3.8, 4) is 5.75 Å². The van der Waals surface area contributed by atoms with Gasteiger partial charge in [0.2, 0.25) is 11.8 Å². The van der Waals surface area contributed by atoms with Crippen molar-refractivity contribution >= 4 is 17.5 Å². The molecular formula is C19H20N2O3. The van der Waals surface area contributed by atoms with Crippen LogP contribution in [-0.4, -0.2) is 30.5 Å². The van der Waals surface area contributed by atoms with E-state index in [4.69, 9.17) is 4.74 Å². The van der Waals surface area contributed by atoms with Crippen molar-refractivity contribution in [2.75, 3.05) is 19.1 Å². The number of likely N-dealkylation sites (tertiary alicyclic amines) is 1. The van der Waals surface area contributed by atoms with Gasteiger partial charge in [0.05, 0.1) is 31.3 Å². The number of carbonyl (C=O) groups is 2. The molecule has 2 amide bonds. The summed E-state index contributed by atoms with van der Waals surface area (Å²) in [7, 11) is 1.61. The maximum absolute atomic E-state index is 12.9. The minimum Gasteiger partial charge on any atom is -0.495 e. The number of ether oxygens (including phenoxy) is 1. The van der Waals surface area contributed by atoms with Crippen LogP contribution in [0.2, 0.25) is 0 Å². The molecule has 24 heavy (non-hydrogen) atoms. The topological polar surface area (TPSA) is 58.6 Å². The molecule has 6 rings (SSSR count). The van der Waals surface area contributed by atoms with Crippen molar-refractivity contribution in [3.63, 3.8) is 0 Å². The first-order valence-corrected chi connectivity index (χ1v) is 8.61. The third-order valence-electron chi connectivity index (χ3n) is 6.29. The lowest BCUT2D eigenvalue weighted by atomic mass is 9.63. The summed E-state index contributed by atoms with van der Waals surface area (Å²) in [6.07, 6.45) is 5.58. The molecule has 1 aliphatic heterocycles. The number of benzene rings is 1. The SMILES string of the molecule is COc1ccccc1NCN1C(=O)[C@@H]2[C@H]3C=C[C@@H]([C@@H]4C[C@@H]34)[C@H]2C1=O. The summed E-state index contributed by atoms with van der Waals surface area (Å²) in [5, 5.41) is 3.19. The van der Waals surface area contributed by atoms with Gasteiger partial charge in [0.1, 0.15) is 5.75 Å². The molecule has 3 fully saturated rings. The van der Waals surface area contributed by atoms with Crippen LogP contribution >= 0.6 is 0 Å². The Labute approximate surface area is 140 Å². The zero-order chi connectivity index (χ0) is 16.4. The number of imide groups is 1. The molecule has 124 valence electrons. The Balaban J connectivity index is 1.37. The van der Waals surface area contributed by atoms with Crippen molar-refractivity contribution in [1.82, 2.24) is 4.90 Å². The van der Waals surface area contributed by atoms with E-state index in [1.54, 1.807) is 7.11 Å². The van der Waals surface area contributed by atoms with E-state index in [9.17, 15) is 9.59 Å². The smallest absolute Gasteiger partial charge is 0.235 e. The molecule has 1 heterocycles. The summed E-state index contributed by atoms with van der Waals surface area (Å²) >= 11 is 0. The van der Waals surface area contributed by atoms with E-state index >= 15 is 0 Å². The summed E-state index contributed by atoms with van der Waals surface area (Å²) in [4.78, 5) is 27.2. The van der Waals surface area contributed by atoms with Crippen LogP contribution in [-0.2, 0) is 9.59 Å². The quantitative estimate of drug-likeness (QED) is 0.681. The van der Waals surface area contributed by atoms with Crippen LogP contribution in [0.25, 0.3) is 0 Å². The molecule has 4 aliphatic carbocycles. The van der Waals surface area contributed by atoms with Gasteiger partial charge < -0.3 is 10.1 Å². The summed E-state index contributed by atoms with van der Waals surface area (Å²) in [5.41, 5.74) is 0.791. The van der Waals surface area contributed by atoms with Crippen LogP contribution in [0.5, 0.6) is 5.75 Å². The van der Waals surface area contributed by atoms with E-state index in [0.29, 0.717) is 17.6 Å². The number of amides is 2. The number of anilines is 1. The first kappa shape index (κ1) is 14.1. The molecular weight excluding hydrogens is 304 g/mol. The molecule has 5 nitrogen and oxygen atoms in total. The Hall–Kier alpha value is -2.30. The molecule has 2 bridgehead atoms. The van der Waals surface area contributed by atoms with Gasteiger partial charge in [-0.1, -0.05) is 24.3 Å². The maximum Gasteiger partial charge on any atom is 0.235 e. The van der Waals surface area contributed by atoms with Gasteiger partial charge in [-0.2, -0.15) is 0 Å². The highest BCUT2D eigenvalue weighted by atomic mass is 16.5. The molecule has 5 aliphatic rings. The first-order valence-electron chi connectivity index (χ1n) is 8.61. The largest absolute Gasteiger partial charge is 0.495 e. The fourth-order valence-corrected chi connectivity index (χ4v) is 5.13. The summed E-state index contributed by atoms with van der Waals surface area (Å²) in [6.45, 7) is 0.208. The van der Waals surface area contributed by atoms with Gasteiger partial charge in [0.15, 0.2) is 0 Å². The second kappa shape index (κ2) is 4.85. The number of hydrogen-bond donors (Lipinski definition) is 1. The zero-order valence-corrected chi connectivity index (χ0v) is 13.5. The highest BCUT2D eigenvalue weighted by molar-refractivity contribution is 6.06. The van der Waals surface area contributed by atoms with Gasteiger partial charge in [0, 0.05) is 0 Å². The third kappa shape index (κ3) is 1.75. The first-order chi connectivity index (χ1) is 11.7. The molecule has 1 saturated heterocycles. The van der Waals surface area contributed by atoms with Gasteiger partial charge in [-0.3, -0.25) is 14.5 Å². The number of nitrogens with one attached hydrogen (secondary N) is 1. The monoisotopic (exact) mass is 324 g/mol. The van der Waals surface area contributed by atoms with Gasteiger partial charge in [-0.25, -0.2) is 0 Å². The van der Waals surface area contributed by atoms with E-state index in [1.807, 2.05) is 24.3 Å². The molecule has 1 N–H and O–H groups in total. The minimum atomic E-state index is -0.129.